The molecule has 0 aliphatic heterocycles. The third kappa shape index (κ3) is 5.77. The molecule has 1 amide bonds. The van der Waals surface area contributed by atoms with E-state index in [-0.39, 0.29) is 12.3 Å². The van der Waals surface area contributed by atoms with Crippen molar-refractivity contribution in [3.63, 3.8) is 0 Å². The Hall–Kier alpha value is -2.53. The Morgan fingerprint density at radius 1 is 1.12 bits per heavy atom. The molecule has 0 fully saturated rings. The van der Waals surface area contributed by atoms with Crippen molar-refractivity contribution in [1.29, 1.82) is 0 Å². The first kappa shape index (κ1) is 19.8. The summed E-state index contributed by atoms with van der Waals surface area (Å²) in [6.07, 6.45) is 0.551. The van der Waals surface area contributed by atoms with Crippen molar-refractivity contribution < 1.29 is 19.4 Å². The van der Waals surface area contributed by atoms with Crippen molar-refractivity contribution in [2.45, 2.75) is 33.2 Å². The molecule has 0 saturated carbocycles. The minimum absolute atomic E-state index is 0.0885. The van der Waals surface area contributed by atoms with E-state index in [9.17, 15) is 9.59 Å². The Bertz CT molecular complexity index is 787. The monoisotopic (exact) mass is 375 g/mol. The fourth-order valence-electron chi connectivity index (χ4n) is 2.35. The molecule has 2 aromatic rings. The summed E-state index contributed by atoms with van der Waals surface area (Å²) in [4.78, 5) is 22.8. The second kappa shape index (κ2) is 9.25. The number of hydrogen-bond acceptors (Lipinski definition) is 3. The van der Waals surface area contributed by atoms with E-state index < -0.39 is 5.97 Å². The van der Waals surface area contributed by atoms with Gasteiger partial charge in [-0.1, -0.05) is 23.7 Å². The minimum Gasteiger partial charge on any atom is -0.494 e. The molecule has 0 aliphatic carbocycles. The fraction of sp³-hybridized carbons (Fsp3) is 0.300. The summed E-state index contributed by atoms with van der Waals surface area (Å²) in [5.74, 6) is -0.377. The van der Waals surface area contributed by atoms with Crippen molar-refractivity contribution in [2.24, 2.45) is 0 Å². The molecule has 0 aliphatic rings. The number of carbonyl (C=O) groups excluding carboxylic acids is 1. The van der Waals surface area contributed by atoms with Gasteiger partial charge in [0.15, 0.2) is 0 Å². The lowest BCUT2D eigenvalue weighted by molar-refractivity contribution is -0.137. The molecule has 0 radical (unpaired) electrons. The normalized spacial score (nSPS) is 10.4. The van der Waals surface area contributed by atoms with E-state index >= 15 is 0 Å². The Morgan fingerprint density at radius 3 is 2.42 bits per heavy atom. The van der Waals surface area contributed by atoms with Crippen LogP contribution in [0.3, 0.4) is 0 Å². The average molecular weight is 376 g/mol. The van der Waals surface area contributed by atoms with E-state index in [2.05, 4.69) is 5.32 Å². The van der Waals surface area contributed by atoms with Crippen LogP contribution in [0.2, 0.25) is 5.02 Å². The number of aliphatic carboxylic acids is 1. The van der Waals surface area contributed by atoms with Crippen molar-refractivity contribution in [2.75, 3.05) is 6.61 Å². The number of carboxylic acids is 1. The molecule has 5 nitrogen and oxygen atoms in total. The third-order valence-corrected chi connectivity index (χ3v) is 4.32. The molecule has 0 atom stereocenters. The third-order valence-electron chi connectivity index (χ3n) is 4.01. The molecule has 0 unspecified atom stereocenters. The van der Waals surface area contributed by atoms with E-state index in [4.69, 9.17) is 21.4 Å². The number of aryl methyl sites for hydroxylation is 2. The molecule has 0 bridgehead atoms. The lowest BCUT2D eigenvalue weighted by atomic mass is 10.1. The van der Waals surface area contributed by atoms with Crippen molar-refractivity contribution in [3.05, 3.63) is 63.7 Å². The Morgan fingerprint density at radius 2 is 1.77 bits per heavy atom. The smallest absolute Gasteiger partial charge is 0.303 e. The van der Waals surface area contributed by atoms with Crippen molar-refractivity contribution >= 4 is 23.5 Å². The van der Waals surface area contributed by atoms with Gasteiger partial charge in [-0.25, -0.2) is 0 Å². The number of carbonyl (C=O) groups is 2. The quantitative estimate of drug-likeness (QED) is 0.680. The van der Waals surface area contributed by atoms with Gasteiger partial charge in [-0.3, -0.25) is 9.59 Å². The standard InChI is InChI=1S/C20H22ClNO4/c1-13-10-17(18(21)11-14(13)2)20(25)22-12-15-5-7-16(8-6-15)26-9-3-4-19(23)24/h5-8,10-11H,3-4,9,12H2,1-2H3,(H,22,25)(H,23,24). The summed E-state index contributed by atoms with van der Waals surface area (Å²) in [6.45, 7) is 4.63. The van der Waals surface area contributed by atoms with Gasteiger partial charge in [0.2, 0.25) is 0 Å². The summed E-state index contributed by atoms with van der Waals surface area (Å²) >= 11 is 6.16. The van der Waals surface area contributed by atoms with Crippen LogP contribution in [0, 0.1) is 13.8 Å². The first-order valence-electron chi connectivity index (χ1n) is 8.35. The SMILES string of the molecule is Cc1cc(Cl)c(C(=O)NCc2ccc(OCCCC(=O)O)cc2)cc1C. The average Bonchev–Trinajstić information content (AvgIpc) is 2.60. The zero-order chi connectivity index (χ0) is 19.1. The van der Waals surface area contributed by atoms with Crippen LogP contribution in [0.15, 0.2) is 36.4 Å². The summed E-state index contributed by atoms with van der Waals surface area (Å²) in [5.41, 5.74) is 3.46. The summed E-state index contributed by atoms with van der Waals surface area (Å²) < 4.78 is 5.48. The first-order chi connectivity index (χ1) is 12.4. The van der Waals surface area contributed by atoms with E-state index in [0.717, 1.165) is 16.7 Å². The highest BCUT2D eigenvalue weighted by Crippen LogP contribution is 2.21. The van der Waals surface area contributed by atoms with Gasteiger partial charge in [0, 0.05) is 13.0 Å². The number of rotatable bonds is 8. The first-order valence-corrected chi connectivity index (χ1v) is 8.73. The molecule has 0 spiro atoms. The predicted octanol–water partition coefficient (Wildman–Crippen LogP) is 4.13. The predicted molar refractivity (Wildman–Crippen MR) is 101 cm³/mol. The highest BCUT2D eigenvalue weighted by atomic mass is 35.5. The number of ether oxygens (including phenoxy) is 1. The van der Waals surface area contributed by atoms with Crippen LogP contribution >= 0.6 is 11.6 Å². The molecule has 2 rings (SSSR count). The molecule has 2 aromatic carbocycles. The zero-order valence-corrected chi connectivity index (χ0v) is 15.6. The van der Waals surface area contributed by atoms with Gasteiger partial charge in [0.1, 0.15) is 5.75 Å². The maximum absolute atomic E-state index is 12.3. The number of hydrogen-bond donors (Lipinski definition) is 2. The number of halogens is 1. The second-order valence-corrected chi connectivity index (χ2v) is 6.50. The van der Waals surface area contributed by atoms with E-state index in [1.54, 1.807) is 24.3 Å². The molecule has 2 N–H and O–H groups in total. The topological polar surface area (TPSA) is 75.6 Å². The van der Waals surface area contributed by atoms with Crippen LogP contribution in [-0.2, 0) is 11.3 Å². The molecular weight excluding hydrogens is 354 g/mol. The minimum atomic E-state index is -0.830. The van der Waals surface area contributed by atoms with Gasteiger partial charge in [0.05, 0.1) is 17.2 Å². The number of amides is 1. The lowest BCUT2D eigenvalue weighted by Crippen LogP contribution is -2.23. The second-order valence-electron chi connectivity index (χ2n) is 6.09. The molecule has 6 heteroatoms. The number of nitrogens with one attached hydrogen (secondary N) is 1. The van der Waals surface area contributed by atoms with Gasteiger partial charge in [-0.05, 0) is 61.2 Å². The van der Waals surface area contributed by atoms with Gasteiger partial charge in [0.25, 0.3) is 5.91 Å². The maximum Gasteiger partial charge on any atom is 0.303 e. The van der Waals surface area contributed by atoms with Crippen LogP contribution in [0.5, 0.6) is 5.75 Å². The van der Waals surface area contributed by atoms with Gasteiger partial charge < -0.3 is 15.2 Å². The van der Waals surface area contributed by atoms with Gasteiger partial charge >= 0.3 is 5.97 Å². The fourth-order valence-corrected chi connectivity index (χ4v) is 2.65. The van der Waals surface area contributed by atoms with Crippen LogP contribution in [0.25, 0.3) is 0 Å². The Labute approximate surface area is 157 Å². The summed E-state index contributed by atoms with van der Waals surface area (Å²) in [5, 5.41) is 11.9. The van der Waals surface area contributed by atoms with Crippen molar-refractivity contribution in [3.8, 4) is 5.75 Å². The molecule has 0 heterocycles. The van der Waals surface area contributed by atoms with E-state index in [1.807, 2.05) is 26.0 Å². The zero-order valence-electron chi connectivity index (χ0n) is 14.8. The van der Waals surface area contributed by atoms with E-state index in [1.165, 1.54) is 0 Å². The lowest BCUT2D eigenvalue weighted by Gasteiger charge is -2.10. The van der Waals surface area contributed by atoms with Crippen LogP contribution in [0.1, 0.15) is 39.9 Å². The van der Waals surface area contributed by atoms with Gasteiger partial charge in [-0.2, -0.15) is 0 Å². The highest BCUT2D eigenvalue weighted by Gasteiger charge is 2.11. The molecule has 26 heavy (non-hydrogen) atoms. The van der Waals surface area contributed by atoms with Crippen LogP contribution in [0.4, 0.5) is 0 Å². The summed E-state index contributed by atoms with van der Waals surface area (Å²) in [6, 6.07) is 10.9. The molecule has 138 valence electrons. The molecule has 0 aromatic heterocycles. The van der Waals surface area contributed by atoms with Crippen molar-refractivity contribution in [1.82, 2.24) is 5.32 Å². The molecule has 0 saturated heterocycles. The summed E-state index contributed by atoms with van der Waals surface area (Å²) in [7, 11) is 0. The Balaban J connectivity index is 1.86. The van der Waals surface area contributed by atoms with Crippen LogP contribution < -0.4 is 10.1 Å². The molecular formula is C20H22ClNO4. The number of benzene rings is 2. The maximum atomic E-state index is 12.3. The Kier molecular flexibility index (Phi) is 7.04. The largest absolute Gasteiger partial charge is 0.494 e. The highest BCUT2D eigenvalue weighted by molar-refractivity contribution is 6.34. The van der Waals surface area contributed by atoms with Crippen LogP contribution in [-0.4, -0.2) is 23.6 Å². The number of carboxylic acid groups (broad SMARTS) is 1. The van der Waals surface area contributed by atoms with E-state index in [0.29, 0.717) is 35.9 Å². The van der Waals surface area contributed by atoms with Gasteiger partial charge in [-0.15, -0.1) is 0 Å².